The topological polar surface area (TPSA) is 114 Å². The second-order valence-electron chi connectivity index (χ2n) is 8.80. The van der Waals surface area contributed by atoms with Crippen molar-refractivity contribution in [1.82, 2.24) is 10.6 Å². The molecule has 1 saturated heterocycles. The molecule has 1 aliphatic carbocycles. The van der Waals surface area contributed by atoms with Gasteiger partial charge < -0.3 is 25.2 Å². The van der Waals surface area contributed by atoms with Crippen LogP contribution in [0.25, 0.3) is 11.1 Å². The van der Waals surface area contributed by atoms with E-state index in [0.717, 1.165) is 22.3 Å². The van der Waals surface area contributed by atoms with Crippen molar-refractivity contribution in [3.63, 3.8) is 0 Å². The Labute approximate surface area is 204 Å². The monoisotopic (exact) mass is 478 g/mol. The van der Waals surface area contributed by atoms with Crippen molar-refractivity contribution in [2.75, 3.05) is 13.2 Å². The summed E-state index contributed by atoms with van der Waals surface area (Å²) in [5.74, 6) is -1.57. The second kappa shape index (κ2) is 11.2. The first-order chi connectivity index (χ1) is 17.0. The van der Waals surface area contributed by atoms with Gasteiger partial charge >= 0.3 is 12.1 Å². The Morgan fingerprint density at radius 2 is 1.74 bits per heavy atom. The van der Waals surface area contributed by atoms with E-state index in [1.165, 1.54) is 0 Å². The summed E-state index contributed by atoms with van der Waals surface area (Å²) in [7, 11) is 0. The minimum atomic E-state index is -1.09. The van der Waals surface area contributed by atoms with Crippen molar-refractivity contribution in [2.24, 2.45) is 0 Å². The first-order valence-corrected chi connectivity index (χ1v) is 11.9. The first kappa shape index (κ1) is 24.5. The number of aliphatic carboxylic acids is 1. The maximum absolute atomic E-state index is 12.4. The Morgan fingerprint density at radius 3 is 2.37 bits per heavy atom. The number of rotatable bonds is 10. The summed E-state index contributed by atoms with van der Waals surface area (Å²) in [5.41, 5.74) is 4.61. The Morgan fingerprint density at radius 1 is 1.09 bits per heavy atom. The summed E-state index contributed by atoms with van der Waals surface area (Å²) in [4.78, 5) is 36.1. The number of allylic oxidation sites excluding steroid dienone is 1. The summed E-state index contributed by atoms with van der Waals surface area (Å²) in [5, 5.41) is 14.5. The average Bonchev–Trinajstić information content (AvgIpc) is 3.47. The van der Waals surface area contributed by atoms with Gasteiger partial charge in [0.25, 0.3) is 0 Å². The fraction of sp³-hybridized carbons (Fsp3) is 0.370. The number of alkyl carbamates (subject to hydrolysis) is 1. The van der Waals surface area contributed by atoms with Crippen molar-refractivity contribution >= 4 is 18.0 Å². The van der Waals surface area contributed by atoms with Crippen LogP contribution in [0.15, 0.2) is 61.2 Å². The molecule has 0 aromatic heterocycles. The van der Waals surface area contributed by atoms with Crippen LogP contribution in [0.3, 0.4) is 0 Å². The molecule has 8 nitrogen and oxygen atoms in total. The van der Waals surface area contributed by atoms with Gasteiger partial charge in [-0.25, -0.2) is 9.59 Å². The third kappa shape index (κ3) is 5.71. The van der Waals surface area contributed by atoms with Gasteiger partial charge in [-0.15, -0.1) is 6.58 Å². The van der Waals surface area contributed by atoms with Crippen LogP contribution < -0.4 is 10.6 Å². The first-order valence-electron chi connectivity index (χ1n) is 11.9. The van der Waals surface area contributed by atoms with Gasteiger partial charge in [-0.2, -0.15) is 0 Å². The number of carbonyl (C=O) groups excluding carboxylic acids is 2. The minimum absolute atomic E-state index is 0.0211. The second-order valence-corrected chi connectivity index (χ2v) is 8.80. The molecule has 0 bridgehead atoms. The quantitative estimate of drug-likeness (QED) is 0.450. The van der Waals surface area contributed by atoms with Crippen molar-refractivity contribution in [1.29, 1.82) is 0 Å². The molecule has 1 fully saturated rings. The van der Waals surface area contributed by atoms with E-state index in [2.05, 4.69) is 41.5 Å². The van der Waals surface area contributed by atoms with Gasteiger partial charge in [-0.05, 0) is 47.9 Å². The molecule has 184 valence electrons. The van der Waals surface area contributed by atoms with E-state index in [9.17, 15) is 19.5 Å². The van der Waals surface area contributed by atoms with Gasteiger partial charge in [0, 0.05) is 12.5 Å². The van der Waals surface area contributed by atoms with Crippen molar-refractivity contribution in [3.05, 3.63) is 72.3 Å². The fourth-order valence-electron chi connectivity index (χ4n) is 4.70. The van der Waals surface area contributed by atoms with Gasteiger partial charge in [-0.3, -0.25) is 4.79 Å². The largest absolute Gasteiger partial charge is 0.480 e. The van der Waals surface area contributed by atoms with Gasteiger partial charge in [0.1, 0.15) is 18.8 Å². The molecule has 0 spiro atoms. The summed E-state index contributed by atoms with van der Waals surface area (Å²) in [6.07, 6.45) is 1.76. The molecule has 4 rings (SSSR count). The third-order valence-corrected chi connectivity index (χ3v) is 6.49. The molecule has 8 heteroatoms. The molecule has 1 aliphatic heterocycles. The number of hydrogen-bond donors (Lipinski definition) is 3. The van der Waals surface area contributed by atoms with Gasteiger partial charge in [0.05, 0.1) is 6.10 Å². The number of carboxylic acids is 1. The lowest BCUT2D eigenvalue weighted by Crippen LogP contribution is -2.45. The van der Waals surface area contributed by atoms with Crippen LogP contribution in [-0.4, -0.2) is 54.5 Å². The van der Waals surface area contributed by atoms with E-state index in [1.807, 2.05) is 24.3 Å². The predicted molar refractivity (Wildman–Crippen MR) is 130 cm³/mol. The standard InChI is InChI=1S/C27H30N2O6/c1-2-3-12-23(26(31)32)29-25(30)24-14-13-17(35-24)15-28-27(33)34-16-22-20-10-6-4-8-18(20)19-9-5-7-11-21(19)22/h2,4-11,17,22-24H,1,3,12-16H2,(H,28,33)(H,29,30)(H,31,32). The number of carboxylic acid groups (broad SMARTS) is 1. The predicted octanol–water partition coefficient (Wildman–Crippen LogP) is 3.61. The number of nitrogens with one attached hydrogen (secondary N) is 2. The van der Waals surface area contributed by atoms with Crippen molar-refractivity contribution in [3.8, 4) is 11.1 Å². The van der Waals surface area contributed by atoms with Crippen LogP contribution in [0, 0.1) is 0 Å². The molecule has 3 unspecified atom stereocenters. The maximum Gasteiger partial charge on any atom is 0.407 e. The number of fused-ring (bicyclic) bond motifs is 3. The van der Waals surface area contributed by atoms with Gasteiger partial charge in [-0.1, -0.05) is 54.6 Å². The van der Waals surface area contributed by atoms with Gasteiger partial charge in [0.2, 0.25) is 5.91 Å². The van der Waals surface area contributed by atoms with E-state index >= 15 is 0 Å². The molecule has 0 radical (unpaired) electrons. The van der Waals surface area contributed by atoms with E-state index in [-0.39, 0.29) is 31.6 Å². The normalized spacial score (nSPS) is 19.3. The van der Waals surface area contributed by atoms with Crippen LogP contribution in [0.4, 0.5) is 4.79 Å². The van der Waals surface area contributed by atoms with E-state index in [0.29, 0.717) is 19.3 Å². The maximum atomic E-state index is 12.4. The molecular weight excluding hydrogens is 448 g/mol. The fourth-order valence-corrected chi connectivity index (χ4v) is 4.70. The number of hydrogen-bond acceptors (Lipinski definition) is 5. The van der Waals surface area contributed by atoms with Crippen LogP contribution in [-0.2, 0) is 19.1 Å². The van der Waals surface area contributed by atoms with E-state index in [4.69, 9.17) is 9.47 Å². The lowest BCUT2D eigenvalue weighted by Gasteiger charge is -2.18. The highest BCUT2D eigenvalue weighted by Crippen LogP contribution is 2.44. The zero-order valence-electron chi connectivity index (χ0n) is 19.4. The summed E-state index contributed by atoms with van der Waals surface area (Å²) >= 11 is 0. The Hall–Kier alpha value is -3.65. The lowest BCUT2D eigenvalue weighted by atomic mass is 9.98. The SMILES string of the molecule is C=CCCC(NC(=O)C1CCC(CNC(=O)OCC2c3ccccc3-c3ccccc32)O1)C(=O)O. The summed E-state index contributed by atoms with van der Waals surface area (Å²) < 4.78 is 11.3. The molecule has 2 amide bonds. The molecule has 2 aromatic carbocycles. The zero-order valence-corrected chi connectivity index (χ0v) is 19.4. The van der Waals surface area contributed by atoms with Crippen LogP contribution in [0.5, 0.6) is 0 Å². The zero-order chi connectivity index (χ0) is 24.8. The minimum Gasteiger partial charge on any atom is -0.480 e. The van der Waals surface area contributed by atoms with Crippen molar-refractivity contribution in [2.45, 2.75) is 49.9 Å². The Balaban J connectivity index is 1.23. The van der Waals surface area contributed by atoms with Crippen LogP contribution >= 0.6 is 0 Å². The van der Waals surface area contributed by atoms with Crippen molar-refractivity contribution < 1.29 is 29.0 Å². The number of amides is 2. The molecule has 35 heavy (non-hydrogen) atoms. The molecule has 0 saturated carbocycles. The molecular formula is C27H30N2O6. The highest BCUT2D eigenvalue weighted by atomic mass is 16.5. The van der Waals surface area contributed by atoms with E-state index in [1.54, 1.807) is 6.08 Å². The smallest absolute Gasteiger partial charge is 0.407 e. The molecule has 1 heterocycles. The average molecular weight is 479 g/mol. The summed E-state index contributed by atoms with van der Waals surface area (Å²) in [6.45, 7) is 4.00. The van der Waals surface area contributed by atoms with E-state index < -0.39 is 30.1 Å². The summed E-state index contributed by atoms with van der Waals surface area (Å²) in [6, 6.07) is 15.3. The lowest BCUT2D eigenvalue weighted by molar-refractivity contribution is -0.144. The van der Waals surface area contributed by atoms with Gasteiger partial charge in [0.15, 0.2) is 0 Å². The number of benzene rings is 2. The molecule has 2 aromatic rings. The third-order valence-electron chi connectivity index (χ3n) is 6.49. The molecule has 3 N–H and O–H groups in total. The van der Waals surface area contributed by atoms with Crippen LogP contribution in [0.2, 0.25) is 0 Å². The highest BCUT2D eigenvalue weighted by Gasteiger charge is 2.33. The Bertz CT molecular complexity index is 1060. The Kier molecular flexibility index (Phi) is 7.82. The molecule has 2 aliphatic rings. The number of carbonyl (C=O) groups is 3. The molecule has 3 atom stereocenters. The highest BCUT2D eigenvalue weighted by molar-refractivity contribution is 5.86. The van der Waals surface area contributed by atoms with Crippen LogP contribution in [0.1, 0.15) is 42.7 Å². The number of ether oxygens (including phenoxy) is 2.